The van der Waals surface area contributed by atoms with Gasteiger partial charge in [-0.2, -0.15) is 9.94 Å². The number of rotatable bonds is 6. The summed E-state index contributed by atoms with van der Waals surface area (Å²) in [5.74, 6) is -0.340. The highest BCUT2D eigenvalue weighted by atomic mass is 32.2. The van der Waals surface area contributed by atoms with Crippen molar-refractivity contribution in [1.82, 2.24) is 20.2 Å². The van der Waals surface area contributed by atoms with E-state index in [-0.39, 0.29) is 5.75 Å². The molecule has 0 spiro atoms. The van der Waals surface area contributed by atoms with E-state index in [0.717, 1.165) is 5.56 Å². The van der Waals surface area contributed by atoms with Crippen LogP contribution < -0.4 is 4.74 Å². The Bertz CT molecular complexity index is 922. The molecule has 3 aromatic rings. The molecule has 0 saturated carbocycles. The van der Waals surface area contributed by atoms with Gasteiger partial charge in [-0.25, -0.2) is 0 Å². The monoisotopic (exact) mass is 391 g/mol. The van der Waals surface area contributed by atoms with Crippen LogP contribution in [0.3, 0.4) is 0 Å². The first-order valence-electron chi connectivity index (χ1n) is 7.69. The Hall–Kier alpha value is -3.06. The number of hydrogen-bond acceptors (Lipinski definition) is 6. The quantitative estimate of drug-likeness (QED) is 0.595. The fraction of sp³-hybridized carbons (Fsp3) is 0.176. The first kappa shape index (κ1) is 18.7. The second-order valence-corrected chi connectivity index (χ2v) is 6.51. The lowest BCUT2D eigenvalue weighted by Gasteiger charge is -2.11. The third-order valence-corrected chi connectivity index (χ3v) is 4.43. The van der Waals surface area contributed by atoms with E-state index in [2.05, 4.69) is 26.3 Å². The highest BCUT2D eigenvalue weighted by Crippen LogP contribution is 2.27. The third-order valence-electron chi connectivity index (χ3n) is 3.41. The summed E-state index contributed by atoms with van der Waals surface area (Å²) in [6.45, 7) is 0. The SMILES string of the molecule is N#C[C@H](Cc1ccccc1)Sc1nnnn1-c1ccc(OC(F)(F)F)cc1. The van der Waals surface area contributed by atoms with Crippen LogP contribution in [-0.4, -0.2) is 31.8 Å². The Morgan fingerprint density at radius 1 is 1.11 bits per heavy atom. The number of nitrogens with zero attached hydrogens (tertiary/aromatic N) is 5. The molecular formula is C17H12F3N5OS. The summed E-state index contributed by atoms with van der Waals surface area (Å²) in [6, 6.07) is 16.9. The number of thioether (sulfide) groups is 1. The van der Waals surface area contributed by atoms with Crippen molar-refractivity contribution in [2.45, 2.75) is 23.2 Å². The Morgan fingerprint density at radius 3 is 2.44 bits per heavy atom. The van der Waals surface area contributed by atoms with E-state index in [9.17, 15) is 18.4 Å². The second-order valence-electron chi connectivity index (χ2n) is 5.34. The zero-order valence-corrected chi connectivity index (χ0v) is 14.5. The fourth-order valence-corrected chi connectivity index (χ4v) is 3.18. The largest absolute Gasteiger partial charge is 0.573 e. The molecule has 2 aromatic carbocycles. The van der Waals surface area contributed by atoms with E-state index in [1.54, 1.807) is 0 Å². The lowest BCUT2D eigenvalue weighted by molar-refractivity contribution is -0.274. The van der Waals surface area contributed by atoms with Crippen molar-refractivity contribution in [3.8, 4) is 17.5 Å². The first-order valence-corrected chi connectivity index (χ1v) is 8.57. The zero-order valence-electron chi connectivity index (χ0n) is 13.7. The van der Waals surface area contributed by atoms with Gasteiger partial charge in [0.25, 0.3) is 0 Å². The van der Waals surface area contributed by atoms with Crippen LogP contribution in [0.15, 0.2) is 59.8 Å². The third kappa shape index (κ3) is 5.21. The van der Waals surface area contributed by atoms with Crippen molar-refractivity contribution < 1.29 is 17.9 Å². The molecule has 1 heterocycles. The van der Waals surface area contributed by atoms with Gasteiger partial charge in [0.1, 0.15) is 11.0 Å². The molecule has 0 saturated heterocycles. The molecular weight excluding hydrogens is 379 g/mol. The molecule has 0 fully saturated rings. The standard InChI is InChI=1S/C17H12F3N5OS/c18-17(19,20)26-14-8-6-13(7-9-14)25-16(22-23-24-25)27-15(11-21)10-12-4-2-1-3-5-12/h1-9,15H,10H2/t15-/m0/s1. The van der Waals surface area contributed by atoms with Crippen LogP contribution >= 0.6 is 11.8 Å². The van der Waals surface area contributed by atoms with Gasteiger partial charge in [-0.05, 0) is 46.7 Å². The Labute approximate surface area is 156 Å². The molecule has 0 N–H and O–H groups in total. The molecule has 3 rings (SSSR count). The van der Waals surface area contributed by atoms with Crippen LogP contribution in [-0.2, 0) is 6.42 Å². The summed E-state index contributed by atoms with van der Waals surface area (Å²) in [6.07, 6.45) is -4.25. The second kappa shape index (κ2) is 8.09. The molecule has 0 unspecified atom stereocenters. The van der Waals surface area contributed by atoms with E-state index in [1.807, 2.05) is 30.3 Å². The maximum Gasteiger partial charge on any atom is 0.573 e. The molecule has 138 valence electrons. The number of aromatic nitrogens is 4. The van der Waals surface area contributed by atoms with Crippen LogP contribution in [0.4, 0.5) is 13.2 Å². The summed E-state index contributed by atoms with van der Waals surface area (Å²) in [5.41, 5.74) is 1.46. The van der Waals surface area contributed by atoms with E-state index in [1.165, 1.54) is 40.7 Å². The van der Waals surface area contributed by atoms with Gasteiger partial charge in [0.15, 0.2) is 0 Å². The summed E-state index contributed by atoms with van der Waals surface area (Å²) >= 11 is 1.18. The number of benzene rings is 2. The number of tetrazole rings is 1. The highest BCUT2D eigenvalue weighted by Gasteiger charge is 2.31. The number of hydrogen-bond donors (Lipinski definition) is 0. The molecule has 0 aliphatic rings. The van der Waals surface area contributed by atoms with E-state index >= 15 is 0 Å². The predicted molar refractivity (Wildman–Crippen MR) is 91.2 cm³/mol. The minimum atomic E-state index is -4.76. The summed E-state index contributed by atoms with van der Waals surface area (Å²) < 4.78 is 41.9. The van der Waals surface area contributed by atoms with Crippen molar-refractivity contribution in [3.63, 3.8) is 0 Å². The minimum absolute atomic E-state index is 0.340. The molecule has 0 amide bonds. The first-order chi connectivity index (χ1) is 12.9. The van der Waals surface area contributed by atoms with Crippen LogP contribution in [0.5, 0.6) is 5.75 Å². The van der Waals surface area contributed by atoms with Gasteiger partial charge < -0.3 is 4.74 Å². The van der Waals surface area contributed by atoms with E-state index in [4.69, 9.17) is 0 Å². The number of halogens is 3. The maximum atomic E-state index is 12.2. The van der Waals surface area contributed by atoms with Crippen LogP contribution in [0, 0.1) is 11.3 Å². The Kier molecular flexibility index (Phi) is 5.61. The molecule has 0 bridgehead atoms. The summed E-state index contributed by atoms with van der Waals surface area (Å²) in [5, 5.41) is 20.7. The van der Waals surface area contributed by atoms with Crippen molar-refractivity contribution in [3.05, 3.63) is 60.2 Å². The molecule has 1 atom stereocenters. The molecule has 0 radical (unpaired) electrons. The van der Waals surface area contributed by atoms with Crippen molar-refractivity contribution in [2.75, 3.05) is 0 Å². The number of alkyl halides is 3. The molecule has 0 aliphatic heterocycles. The molecule has 1 aromatic heterocycles. The average Bonchev–Trinajstić information content (AvgIpc) is 3.09. The lowest BCUT2D eigenvalue weighted by atomic mass is 10.1. The Balaban J connectivity index is 1.74. The topological polar surface area (TPSA) is 76.6 Å². The van der Waals surface area contributed by atoms with Gasteiger partial charge in [-0.15, -0.1) is 18.3 Å². The maximum absolute atomic E-state index is 12.2. The predicted octanol–water partition coefficient (Wildman–Crippen LogP) is 3.79. The summed E-state index contributed by atoms with van der Waals surface area (Å²) in [4.78, 5) is 0. The highest BCUT2D eigenvalue weighted by molar-refractivity contribution is 8.00. The van der Waals surface area contributed by atoms with E-state index < -0.39 is 11.6 Å². The normalized spacial score (nSPS) is 12.4. The molecule has 27 heavy (non-hydrogen) atoms. The van der Waals surface area contributed by atoms with Gasteiger partial charge in [-0.3, -0.25) is 0 Å². The minimum Gasteiger partial charge on any atom is -0.406 e. The van der Waals surface area contributed by atoms with Gasteiger partial charge in [0, 0.05) is 0 Å². The van der Waals surface area contributed by atoms with Gasteiger partial charge >= 0.3 is 6.36 Å². The molecule has 10 heteroatoms. The van der Waals surface area contributed by atoms with Gasteiger partial charge in [0.05, 0.1) is 11.8 Å². The molecule has 6 nitrogen and oxygen atoms in total. The van der Waals surface area contributed by atoms with Crippen LogP contribution in [0.25, 0.3) is 5.69 Å². The molecule has 0 aliphatic carbocycles. The van der Waals surface area contributed by atoms with Crippen LogP contribution in [0.1, 0.15) is 5.56 Å². The smallest absolute Gasteiger partial charge is 0.406 e. The van der Waals surface area contributed by atoms with Crippen molar-refractivity contribution in [1.29, 1.82) is 5.26 Å². The van der Waals surface area contributed by atoms with Crippen LogP contribution in [0.2, 0.25) is 0 Å². The van der Waals surface area contributed by atoms with E-state index in [0.29, 0.717) is 17.3 Å². The van der Waals surface area contributed by atoms with Gasteiger partial charge in [-0.1, -0.05) is 42.1 Å². The van der Waals surface area contributed by atoms with Crippen molar-refractivity contribution >= 4 is 11.8 Å². The summed E-state index contributed by atoms with van der Waals surface area (Å²) in [7, 11) is 0. The number of nitriles is 1. The zero-order chi connectivity index (χ0) is 19.3. The Morgan fingerprint density at radius 2 is 1.81 bits per heavy atom. The van der Waals surface area contributed by atoms with Gasteiger partial charge in [0.2, 0.25) is 5.16 Å². The average molecular weight is 391 g/mol. The van der Waals surface area contributed by atoms with Crippen molar-refractivity contribution in [2.24, 2.45) is 0 Å². The lowest BCUT2D eigenvalue weighted by Crippen LogP contribution is -2.17. The fourth-order valence-electron chi connectivity index (χ4n) is 2.27. The number of ether oxygens (including phenoxy) is 1.